The smallest absolute Gasteiger partial charge is 0.267 e. The summed E-state index contributed by atoms with van der Waals surface area (Å²) in [5.41, 5.74) is 4.05. The van der Waals surface area contributed by atoms with Crippen LogP contribution in [0, 0.1) is 6.92 Å². The van der Waals surface area contributed by atoms with Crippen LogP contribution in [0.4, 0.5) is 0 Å². The molecule has 0 fully saturated rings. The van der Waals surface area contributed by atoms with Gasteiger partial charge in [0.1, 0.15) is 10.7 Å². The van der Waals surface area contributed by atoms with Crippen LogP contribution >= 0.6 is 11.3 Å². The van der Waals surface area contributed by atoms with Gasteiger partial charge in [0.15, 0.2) is 0 Å². The van der Waals surface area contributed by atoms with Crippen molar-refractivity contribution in [3.8, 4) is 0 Å². The van der Waals surface area contributed by atoms with Crippen LogP contribution in [0.1, 0.15) is 42.5 Å². The molecule has 0 aliphatic heterocycles. The van der Waals surface area contributed by atoms with E-state index in [2.05, 4.69) is 31.2 Å². The van der Waals surface area contributed by atoms with Crippen LogP contribution in [0.2, 0.25) is 0 Å². The predicted molar refractivity (Wildman–Crippen MR) is 97.5 cm³/mol. The molecule has 24 heavy (non-hydrogen) atoms. The Kier molecular flexibility index (Phi) is 4.01. The SMILES string of the molecule is Cc1nc2sccc2c(=O)n1NC(=O)c1ccc(C(C)(C)C)cc1. The summed E-state index contributed by atoms with van der Waals surface area (Å²) >= 11 is 1.41. The molecule has 1 amide bonds. The molecular formula is C18H19N3O2S. The van der Waals surface area contributed by atoms with Crippen molar-refractivity contribution in [2.24, 2.45) is 0 Å². The number of aryl methyl sites for hydroxylation is 1. The number of rotatable bonds is 2. The quantitative estimate of drug-likeness (QED) is 0.776. The number of amides is 1. The molecule has 0 unspecified atom stereocenters. The molecule has 0 saturated carbocycles. The molecule has 0 saturated heterocycles. The van der Waals surface area contributed by atoms with Crippen LogP contribution in [0.15, 0.2) is 40.5 Å². The standard InChI is InChI=1S/C18H19N3O2S/c1-11-19-16-14(9-10-24-16)17(23)21(11)20-15(22)12-5-7-13(8-6-12)18(2,3)4/h5-10H,1-4H3,(H,20,22). The molecule has 0 bridgehead atoms. The fourth-order valence-corrected chi connectivity index (χ4v) is 3.23. The summed E-state index contributed by atoms with van der Waals surface area (Å²) in [5, 5.41) is 2.32. The number of nitrogens with zero attached hydrogens (tertiary/aromatic N) is 2. The lowest BCUT2D eigenvalue weighted by Crippen LogP contribution is -2.35. The monoisotopic (exact) mass is 341 g/mol. The number of carbonyl (C=O) groups excluding carboxylic acids is 1. The number of nitrogens with one attached hydrogen (secondary N) is 1. The molecule has 1 aromatic carbocycles. The first-order valence-corrected chi connectivity index (χ1v) is 8.54. The number of hydrogen-bond acceptors (Lipinski definition) is 4. The van der Waals surface area contributed by atoms with Crippen molar-refractivity contribution in [1.29, 1.82) is 0 Å². The van der Waals surface area contributed by atoms with Gasteiger partial charge in [-0.1, -0.05) is 32.9 Å². The Labute approximate surface area is 143 Å². The van der Waals surface area contributed by atoms with E-state index in [-0.39, 0.29) is 16.9 Å². The van der Waals surface area contributed by atoms with E-state index >= 15 is 0 Å². The molecule has 6 heteroatoms. The molecule has 5 nitrogen and oxygen atoms in total. The minimum Gasteiger partial charge on any atom is -0.267 e. The summed E-state index contributed by atoms with van der Waals surface area (Å²) in [6.07, 6.45) is 0. The van der Waals surface area contributed by atoms with Crippen molar-refractivity contribution in [3.63, 3.8) is 0 Å². The highest BCUT2D eigenvalue weighted by Gasteiger charge is 2.16. The third kappa shape index (κ3) is 2.97. The number of aromatic nitrogens is 2. The van der Waals surface area contributed by atoms with E-state index < -0.39 is 0 Å². The summed E-state index contributed by atoms with van der Waals surface area (Å²) in [6, 6.07) is 9.13. The normalized spacial score (nSPS) is 11.7. The largest absolute Gasteiger partial charge is 0.281 e. The van der Waals surface area contributed by atoms with Crippen LogP contribution in [0.25, 0.3) is 10.2 Å². The molecule has 124 valence electrons. The lowest BCUT2D eigenvalue weighted by atomic mass is 9.87. The van der Waals surface area contributed by atoms with Crippen molar-refractivity contribution in [2.45, 2.75) is 33.1 Å². The van der Waals surface area contributed by atoms with Gasteiger partial charge in [-0.05, 0) is 41.5 Å². The van der Waals surface area contributed by atoms with E-state index in [1.165, 1.54) is 16.0 Å². The summed E-state index contributed by atoms with van der Waals surface area (Å²) in [4.78, 5) is 30.0. The van der Waals surface area contributed by atoms with Crippen molar-refractivity contribution < 1.29 is 4.79 Å². The Morgan fingerprint density at radius 1 is 1.17 bits per heavy atom. The van der Waals surface area contributed by atoms with E-state index in [4.69, 9.17) is 0 Å². The van der Waals surface area contributed by atoms with E-state index in [0.717, 1.165) is 5.56 Å². The Bertz CT molecular complexity index is 963. The molecule has 2 heterocycles. The lowest BCUT2D eigenvalue weighted by molar-refractivity contribution is 0.101. The van der Waals surface area contributed by atoms with Gasteiger partial charge in [-0.3, -0.25) is 15.0 Å². The molecule has 2 aromatic heterocycles. The van der Waals surface area contributed by atoms with Crippen molar-refractivity contribution >= 4 is 27.5 Å². The minimum absolute atomic E-state index is 0.0242. The molecule has 1 N–H and O–H groups in total. The summed E-state index contributed by atoms with van der Waals surface area (Å²) in [7, 11) is 0. The summed E-state index contributed by atoms with van der Waals surface area (Å²) in [6.45, 7) is 8.05. The van der Waals surface area contributed by atoms with E-state index in [0.29, 0.717) is 21.6 Å². The van der Waals surface area contributed by atoms with Crippen molar-refractivity contribution in [3.05, 3.63) is 63.0 Å². The third-order valence-corrected chi connectivity index (χ3v) is 4.70. The van der Waals surface area contributed by atoms with Gasteiger partial charge in [-0.25, -0.2) is 9.66 Å². The first-order chi connectivity index (χ1) is 11.3. The fourth-order valence-electron chi connectivity index (χ4n) is 2.43. The lowest BCUT2D eigenvalue weighted by Gasteiger charge is -2.19. The van der Waals surface area contributed by atoms with Crippen LogP contribution < -0.4 is 11.0 Å². The fraction of sp³-hybridized carbons (Fsp3) is 0.278. The van der Waals surface area contributed by atoms with E-state index in [1.807, 2.05) is 17.5 Å². The van der Waals surface area contributed by atoms with Gasteiger partial charge in [0.05, 0.1) is 5.39 Å². The van der Waals surface area contributed by atoms with Crippen LogP contribution in [-0.4, -0.2) is 15.6 Å². The van der Waals surface area contributed by atoms with E-state index in [9.17, 15) is 9.59 Å². The van der Waals surface area contributed by atoms with Crippen LogP contribution in [0.3, 0.4) is 0 Å². The van der Waals surface area contributed by atoms with Gasteiger partial charge in [-0.15, -0.1) is 11.3 Å². The van der Waals surface area contributed by atoms with Gasteiger partial charge in [0, 0.05) is 5.56 Å². The van der Waals surface area contributed by atoms with E-state index in [1.54, 1.807) is 25.1 Å². The molecule has 0 spiro atoms. The topological polar surface area (TPSA) is 64.0 Å². The van der Waals surface area contributed by atoms with Gasteiger partial charge in [-0.2, -0.15) is 0 Å². The third-order valence-electron chi connectivity index (χ3n) is 3.89. The number of fused-ring (bicyclic) bond motifs is 1. The average molecular weight is 341 g/mol. The maximum Gasteiger partial charge on any atom is 0.281 e. The minimum atomic E-state index is -0.336. The van der Waals surface area contributed by atoms with Gasteiger partial charge >= 0.3 is 0 Å². The zero-order chi connectivity index (χ0) is 17.5. The number of benzene rings is 1. The van der Waals surface area contributed by atoms with Gasteiger partial charge in [0.25, 0.3) is 11.5 Å². The number of carbonyl (C=O) groups is 1. The molecule has 0 aliphatic rings. The molecular weight excluding hydrogens is 322 g/mol. The Hall–Kier alpha value is -2.47. The van der Waals surface area contributed by atoms with Gasteiger partial charge < -0.3 is 0 Å². The second-order valence-corrected chi connectivity index (χ2v) is 7.60. The second-order valence-electron chi connectivity index (χ2n) is 6.71. The molecule has 0 aliphatic carbocycles. The highest BCUT2D eigenvalue weighted by atomic mass is 32.1. The highest BCUT2D eigenvalue weighted by Crippen LogP contribution is 2.22. The zero-order valence-corrected chi connectivity index (χ0v) is 14.9. The maximum atomic E-state index is 12.5. The Morgan fingerprint density at radius 3 is 2.46 bits per heavy atom. The average Bonchev–Trinajstić information content (AvgIpc) is 2.99. The van der Waals surface area contributed by atoms with Crippen molar-refractivity contribution in [2.75, 3.05) is 5.43 Å². The first-order valence-electron chi connectivity index (χ1n) is 7.66. The predicted octanol–water partition coefficient (Wildman–Crippen LogP) is 3.45. The first kappa shape index (κ1) is 16.4. The zero-order valence-electron chi connectivity index (χ0n) is 14.1. The molecule has 3 aromatic rings. The Balaban J connectivity index is 1.91. The van der Waals surface area contributed by atoms with Gasteiger partial charge in [0.2, 0.25) is 0 Å². The number of thiophene rings is 1. The molecule has 3 rings (SSSR count). The van der Waals surface area contributed by atoms with Crippen LogP contribution in [-0.2, 0) is 5.41 Å². The molecule has 0 atom stereocenters. The Morgan fingerprint density at radius 2 is 1.83 bits per heavy atom. The highest BCUT2D eigenvalue weighted by molar-refractivity contribution is 7.16. The summed E-state index contributed by atoms with van der Waals surface area (Å²) < 4.78 is 1.20. The maximum absolute atomic E-state index is 12.5. The molecule has 0 radical (unpaired) electrons. The number of hydrogen-bond donors (Lipinski definition) is 1. The summed E-state index contributed by atoms with van der Waals surface area (Å²) in [5.74, 6) is 0.117. The second kappa shape index (κ2) is 5.87. The van der Waals surface area contributed by atoms with Crippen molar-refractivity contribution in [1.82, 2.24) is 9.66 Å². The van der Waals surface area contributed by atoms with Crippen LogP contribution in [0.5, 0.6) is 0 Å².